The Hall–Kier alpha value is -0.870. The molecule has 124 valence electrons. The number of carbonyl (C=O) groups is 1. The first kappa shape index (κ1) is 15.6. The molecule has 0 bridgehead atoms. The Balaban J connectivity index is 1.41. The Labute approximate surface area is 146 Å². The van der Waals surface area contributed by atoms with Gasteiger partial charge in [0.25, 0.3) is 0 Å². The van der Waals surface area contributed by atoms with Crippen molar-refractivity contribution in [2.24, 2.45) is 5.92 Å². The molecule has 2 fully saturated rings. The summed E-state index contributed by atoms with van der Waals surface area (Å²) in [5, 5.41) is 3.79. The van der Waals surface area contributed by atoms with E-state index in [1.165, 1.54) is 54.1 Å². The molecule has 0 aromatic heterocycles. The average Bonchev–Trinajstić information content (AvgIpc) is 3.33. The lowest BCUT2D eigenvalue weighted by molar-refractivity contribution is -0.128. The van der Waals surface area contributed by atoms with Gasteiger partial charge in [0.2, 0.25) is 5.91 Å². The standard InChI is InChI=1S/C19H25BrN2O/c20-15-6-5-14-3-1-2-4-18(17(14)10-15)21-11-13-9-19(23)22(12-13)16-7-8-16/h5-6,10,13,16,18,21H,1-4,7-9,11-12H2. The van der Waals surface area contributed by atoms with Gasteiger partial charge in [0.15, 0.2) is 0 Å². The van der Waals surface area contributed by atoms with Crippen molar-refractivity contribution in [2.75, 3.05) is 13.1 Å². The maximum Gasteiger partial charge on any atom is 0.223 e. The molecule has 1 saturated heterocycles. The van der Waals surface area contributed by atoms with Crippen molar-refractivity contribution in [2.45, 2.75) is 57.0 Å². The molecule has 3 nitrogen and oxygen atoms in total. The first-order chi connectivity index (χ1) is 11.2. The zero-order chi connectivity index (χ0) is 15.8. The van der Waals surface area contributed by atoms with Gasteiger partial charge in [-0.05, 0) is 61.3 Å². The van der Waals surface area contributed by atoms with Gasteiger partial charge < -0.3 is 10.2 Å². The minimum Gasteiger partial charge on any atom is -0.339 e. The number of likely N-dealkylation sites (tertiary alicyclic amines) is 1. The molecule has 1 heterocycles. The first-order valence-electron chi connectivity index (χ1n) is 9.02. The summed E-state index contributed by atoms with van der Waals surface area (Å²) in [6, 6.07) is 7.73. The van der Waals surface area contributed by atoms with Crippen LogP contribution in [0.3, 0.4) is 0 Å². The largest absolute Gasteiger partial charge is 0.339 e. The van der Waals surface area contributed by atoms with E-state index < -0.39 is 0 Å². The Kier molecular flexibility index (Phi) is 4.46. The molecule has 0 spiro atoms. The van der Waals surface area contributed by atoms with Gasteiger partial charge in [-0.25, -0.2) is 0 Å². The second-order valence-electron chi connectivity index (χ2n) is 7.40. The second-order valence-corrected chi connectivity index (χ2v) is 8.31. The normalized spacial score (nSPS) is 27.9. The molecule has 1 amide bonds. The molecule has 23 heavy (non-hydrogen) atoms. The topological polar surface area (TPSA) is 32.3 Å². The van der Waals surface area contributed by atoms with Gasteiger partial charge >= 0.3 is 0 Å². The predicted octanol–water partition coefficient (Wildman–Crippen LogP) is 3.82. The molecule has 2 atom stereocenters. The molecular weight excluding hydrogens is 352 g/mol. The van der Waals surface area contributed by atoms with E-state index in [1.54, 1.807) is 0 Å². The predicted molar refractivity (Wildman–Crippen MR) is 95.3 cm³/mol. The molecule has 4 heteroatoms. The summed E-state index contributed by atoms with van der Waals surface area (Å²) in [6.45, 7) is 1.93. The number of nitrogens with one attached hydrogen (secondary N) is 1. The van der Waals surface area contributed by atoms with Crippen molar-refractivity contribution in [1.29, 1.82) is 0 Å². The minimum atomic E-state index is 0.378. The number of halogens is 1. The van der Waals surface area contributed by atoms with Crippen molar-refractivity contribution in [3.63, 3.8) is 0 Å². The Morgan fingerprint density at radius 2 is 2.09 bits per heavy atom. The van der Waals surface area contributed by atoms with E-state index in [4.69, 9.17) is 0 Å². The number of amides is 1. The second kappa shape index (κ2) is 6.56. The third-order valence-electron chi connectivity index (χ3n) is 5.55. The fourth-order valence-corrected chi connectivity index (χ4v) is 4.52. The number of hydrogen-bond acceptors (Lipinski definition) is 2. The summed E-state index contributed by atoms with van der Waals surface area (Å²) in [4.78, 5) is 14.2. The quantitative estimate of drug-likeness (QED) is 0.810. The summed E-state index contributed by atoms with van der Waals surface area (Å²) in [5.41, 5.74) is 2.95. The molecule has 2 aliphatic carbocycles. The van der Waals surface area contributed by atoms with Crippen LogP contribution in [0.1, 0.15) is 55.7 Å². The zero-order valence-electron chi connectivity index (χ0n) is 13.6. The molecule has 1 aromatic carbocycles. The molecule has 0 radical (unpaired) electrons. The summed E-state index contributed by atoms with van der Waals surface area (Å²) >= 11 is 3.62. The molecular formula is C19H25BrN2O. The van der Waals surface area contributed by atoms with E-state index in [2.05, 4.69) is 44.3 Å². The highest BCUT2D eigenvalue weighted by molar-refractivity contribution is 9.10. The fraction of sp³-hybridized carbons (Fsp3) is 0.632. The zero-order valence-corrected chi connectivity index (χ0v) is 15.1. The third-order valence-corrected chi connectivity index (χ3v) is 6.04. The van der Waals surface area contributed by atoms with Gasteiger partial charge in [-0.3, -0.25) is 4.79 Å². The van der Waals surface area contributed by atoms with Crippen LogP contribution in [0, 0.1) is 5.92 Å². The average molecular weight is 377 g/mol. The van der Waals surface area contributed by atoms with Crippen molar-refractivity contribution in [3.8, 4) is 0 Å². The van der Waals surface area contributed by atoms with Crippen LogP contribution >= 0.6 is 15.9 Å². The monoisotopic (exact) mass is 376 g/mol. The molecule has 3 aliphatic rings. The molecule has 1 aromatic rings. The lowest BCUT2D eigenvalue weighted by atomic mass is 9.98. The van der Waals surface area contributed by atoms with E-state index in [0.29, 0.717) is 23.9 Å². The Morgan fingerprint density at radius 3 is 2.91 bits per heavy atom. The number of carbonyl (C=O) groups excluding carboxylic acids is 1. The number of benzene rings is 1. The van der Waals surface area contributed by atoms with Gasteiger partial charge in [-0.15, -0.1) is 0 Å². The van der Waals surface area contributed by atoms with Crippen LogP contribution < -0.4 is 5.32 Å². The van der Waals surface area contributed by atoms with Crippen LogP contribution in [0.2, 0.25) is 0 Å². The number of rotatable bonds is 4. The van der Waals surface area contributed by atoms with Crippen molar-refractivity contribution in [1.82, 2.24) is 10.2 Å². The third kappa shape index (κ3) is 3.48. The summed E-state index contributed by atoms with van der Waals surface area (Å²) in [7, 11) is 0. The van der Waals surface area contributed by atoms with Crippen LogP contribution in [0.15, 0.2) is 22.7 Å². The van der Waals surface area contributed by atoms with Gasteiger partial charge in [0.05, 0.1) is 0 Å². The van der Waals surface area contributed by atoms with Crippen LogP contribution in [0.25, 0.3) is 0 Å². The first-order valence-corrected chi connectivity index (χ1v) is 9.81. The van der Waals surface area contributed by atoms with Crippen LogP contribution in [-0.4, -0.2) is 29.9 Å². The Bertz CT molecular complexity index is 599. The lowest BCUT2D eigenvalue weighted by Crippen LogP contribution is -2.31. The van der Waals surface area contributed by atoms with E-state index in [-0.39, 0.29) is 0 Å². The minimum absolute atomic E-state index is 0.378. The molecule has 1 N–H and O–H groups in total. The SMILES string of the molecule is O=C1CC(CNC2CCCCc3ccc(Br)cc32)CN1C1CC1. The highest BCUT2D eigenvalue weighted by Crippen LogP contribution is 2.34. The van der Waals surface area contributed by atoms with Crippen molar-refractivity contribution >= 4 is 21.8 Å². The van der Waals surface area contributed by atoms with Crippen LogP contribution in [0.5, 0.6) is 0 Å². The maximum absolute atomic E-state index is 12.1. The van der Waals surface area contributed by atoms with Crippen molar-refractivity contribution < 1.29 is 4.79 Å². The lowest BCUT2D eigenvalue weighted by Gasteiger charge is -2.22. The summed E-state index contributed by atoms with van der Waals surface area (Å²) in [5.74, 6) is 0.866. The molecule has 4 rings (SSSR count). The van der Waals surface area contributed by atoms with E-state index in [9.17, 15) is 4.79 Å². The van der Waals surface area contributed by atoms with Gasteiger partial charge in [-0.2, -0.15) is 0 Å². The smallest absolute Gasteiger partial charge is 0.223 e. The maximum atomic E-state index is 12.1. The number of fused-ring (bicyclic) bond motifs is 1. The highest BCUT2D eigenvalue weighted by Gasteiger charge is 2.39. The number of nitrogens with zero attached hydrogens (tertiary/aromatic N) is 1. The van der Waals surface area contributed by atoms with Crippen LogP contribution in [-0.2, 0) is 11.2 Å². The van der Waals surface area contributed by atoms with Gasteiger partial charge in [0.1, 0.15) is 0 Å². The molecule has 2 unspecified atom stereocenters. The summed E-state index contributed by atoms with van der Waals surface area (Å²) in [6.07, 6.45) is 8.13. The van der Waals surface area contributed by atoms with Gasteiger partial charge in [0, 0.05) is 36.1 Å². The van der Waals surface area contributed by atoms with Crippen LogP contribution in [0.4, 0.5) is 0 Å². The van der Waals surface area contributed by atoms with E-state index in [0.717, 1.165) is 19.5 Å². The highest BCUT2D eigenvalue weighted by atomic mass is 79.9. The molecule has 1 aliphatic heterocycles. The van der Waals surface area contributed by atoms with Gasteiger partial charge in [-0.1, -0.05) is 28.4 Å². The summed E-state index contributed by atoms with van der Waals surface area (Å²) < 4.78 is 1.17. The van der Waals surface area contributed by atoms with E-state index >= 15 is 0 Å². The van der Waals surface area contributed by atoms with E-state index in [1.807, 2.05) is 0 Å². The Morgan fingerprint density at radius 1 is 1.22 bits per heavy atom. The fourth-order valence-electron chi connectivity index (χ4n) is 4.14. The number of hydrogen-bond donors (Lipinski definition) is 1. The number of aryl methyl sites for hydroxylation is 1. The van der Waals surface area contributed by atoms with Crippen molar-refractivity contribution in [3.05, 3.63) is 33.8 Å². The molecule has 1 saturated carbocycles.